The summed E-state index contributed by atoms with van der Waals surface area (Å²) in [5.41, 5.74) is 0.0967. The lowest BCUT2D eigenvalue weighted by molar-refractivity contribution is -0.312. The molecule has 0 aliphatic carbocycles. The third-order valence-corrected chi connectivity index (χ3v) is 5.83. The molecule has 24 heavy (non-hydrogen) atoms. The molecule has 3 aliphatic rings. The van der Waals surface area contributed by atoms with Gasteiger partial charge in [-0.1, -0.05) is 26.7 Å². The third kappa shape index (κ3) is 4.12. The number of ether oxygens (including phenoxy) is 2. The van der Waals surface area contributed by atoms with E-state index in [1.807, 2.05) is 4.90 Å². The molecule has 1 spiro atoms. The zero-order chi connectivity index (χ0) is 17.2. The molecule has 3 saturated heterocycles. The molecule has 3 fully saturated rings. The second-order valence-corrected chi connectivity index (χ2v) is 8.60. The minimum Gasteiger partial charge on any atom is -0.349 e. The second-order valence-electron chi connectivity index (χ2n) is 8.60. The molecule has 0 radical (unpaired) electrons. The molecule has 0 unspecified atom stereocenters. The maximum atomic E-state index is 12.9. The molecule has 3 rings (SSSR count). The average molecular weight is 338 g/mol. The van der Waals surface area contributed by atoms with Crippen molar-refractivity contribution in [2.75, 3.05) is 39.4 Å². The first kappa shape index (κ1) is 18.2. The van der Waals surface area contributed by atoms with Crippen LogP contribution >= 0.6 is 0 Å². The third-order valence-electron chi connectivity index (χ3n) is 5.83. The van der Waals surface area contributed by atoms with Crippen LogP contribution in [-0.4, -0.2) is 66.9 Å². The van der Waals surface area contributed by atoms with Crippen LogP contribution in [0.25, 0.3) is 0 Å². The Labute approximate surface area is 146 Å². The van der Waals surface area contributed by atoms with Crippen molar-refractivity contribution in [3.63, 3.8) is 0 Å². The van der Waals surface area contributed by atoms with Crippen LogP contribution in [0.3, 0.4) is 0 Å². The number of carbonyl (C=O) groups is 1. The van der Waals surface area contributed by atoms with E-state index in [-0.39, 0.29) is 17.4 Å². The molecule has 0 aromatic heterocycles. The molecule has 1 atom stereocenters. The number of carbonyl (C=O) groups excluding carboxylic acids is 1. The maximum Gasteiger partial charge on any atom is 0.239 e. The van der Waals surface area contributed by atoms with Gasteiger partial charge in [-0.2, -0.15) is 0 Å². The molecule has 0 aromatic rings. The molecule has 138 valence electrons. The molecule has 3 aliphatic heterocycles. The van der Waals surface area contributed by atoms with Crippen molar-refractivity contribution in [1.29, 1.82) is 0 Å². The van der Waals surface area contributed by atoms with E-state index in [0.717, 1.165) is 52.2 Å². The molecule has 0 N–H and O–H groups in total. The molecule has 5 heteroatoms. The lowest BCUT2D eigenvalue weighted by atomic mass is 9.92. The van der Waals surface area contributed by atoms with E-state index < -0.39 is 5.79 Å². The van der Waals surface area contributed by atoms with Gasteiger partial charge in [0.2, 0.25) is 5.91 Å². The smallest absolute Gasteiger partial charge is 0.239 e. The van der Waals surface area contributed by atoms with Gasteiger partial charge in [0.05, 0.1) is 19.3 Å². The fourth-order valence-electron chi connectivity index (χ4n) is 4.00. The number of likely N-dealkylation sites (tertiary alicyclic amines) is 2. The van der Waals surface area contributed by atoms with Crippen LogP contribution in [0.2, 0.25) is 0 Å². The lowest BCUT2D eigenvalue weighted by Gasteiger charge is -2.48. The van der Waals surface area contributed by atoms with Crippen molar-refractivity contribution in [3.8, 4) is 0 Å². The average Bonchev–Trinajstić information content (AvgIpc) is 2.87. The van der Waals surface area contributed by atoms with Gasteiger partial charge >= 0.3 is 0 Å². The Morgan fingerprint density at radius 1 is 0.917 bits per heavy atom. The summed E-state index contributed by atoms with van der Waals surface area (Å²) in [6, 6.07) is 0.00396. The summed E-state index contributed by atoms with van der Waals surface area (Å²) in [5, 5.41) is 0. The highest BCUT2D eigenvalue weighted by Gasteiger charge is 2.44. The van der Waals surface area contributed by atoms with E-state index in [1.165, 1.54) is 25.7 Å². The van der Waals surface area contributed by atoms with E-state index in [1.54, 1.807) is 0 Å². The van der Waals surface area contributed by atoms with Crippen LogP contribution in [0.5, 0.6) is 0 Å². The van der Waals surface area contributed by atoms with E-state index in [4.69, 9.17) is 9.47 Å². The second kappa shape index (κ2) is 7.30. The number of hydrogen-bond donors (Lipinski definition) is 0. The van der Waals surface area contributed by atoms with Gasteiger partial charge in [0, 0.05) is 31.3 Å². The fourth-order valence-corrected chi connectivity index (χ4v) is 4.00. The highest BCUT2D eigenvalue weighted by Crippen LogP contribution is 2.36. The van der Waals surface area contributed by atoms with Crippen LogP contribution in [0.4, 0.5) is 0 Å². The summed E-state index contributed by atoms with van der Waals surface area (Å²) in [4.78, 5) is 17.3. The van der Waals surface area contributed by atoms with E-state index in [9.17, 15) is 4.79 Å². The zero-order valence-electron chi connectivity index (χ0n) is 15.7. The van der Waals surface area contributed by atoms with Gasteiger partial charge in [0.15, 0.2) is 5.79 Å². The highest BCUT2D eigenvalue weighted by atomic mass is 16.7. The Morgan fingerprint density at radius 3 is 2.00 bits per heavy atom. The largest absolute Gasteiger partial charge is 0.349 e. The van der Waals surface area contributed by atoms with Crippen molar-refractivity contribution in [2.45, 2.75) is 71.1 Å². The van der Waals surface area contributed by atoms with Gasteiger partial charge in [0.25, 0.3) is 0 Å². The highest BCUT2D eigenvalue weighted by molar-refractivity contribution is 5.81. The first-order valence-electron chi connectivity index (χ1n) is 9.72. The molecule has 0 aromatic carbocycles. The Kier molecular flexibility index (Phi) is 5.52. The summed E-state index contributed by atoms with van der Waals surface area (Å²) in [6.07, 6.45) is 6.63. The van der Waals surface area contributed by atoms with E-state index >= 15 is 0 Å². The molecule has 5 nitrogen and oxygen atoms in total. The molecular formula is C19H34N2O3. The minimum absolute atomic E-state index is 0.00396. The Morgan fingerprint density at radius 2 is 1.46 bits per heavy atom. The van der Waals surface area contributed by atoms with Crippen molar-refractivity contribution < 1.29 is 14.3 Å². The predicted octanol–water partition coefficient (Wildman–Crippen LogP) is 2.64. The van der Waals surface area contributed by atoms with Gasteiger partial charge in [-0.05, 0) is 32.9 Å². The van der Waals surface area contributed by atoms with Gasteiger partial charge in [-0.25, -0.2) is 0 Å². The SMILES string of the molecule is C[C@@H](C(=O)N1CCC2(CC1)OCC(C)(C)CO2)N1CCCCCC1. The van der Waals surface area contributed by atoms with Gasteiger partial charge in [0.1, 0.15) is 0 Å². The quantitative estimate of drug-likeness (QED) is 0.776. The number of amides is 1. The van der Waals surface area contributed by atoms with Crippen molar-refractivity contribution in [2.24, 2.45) is 5.41 Å². The van der Waals surface area contributed by atoms with Gasteiger partial charge in [-0.15, -0.1) is 0 Å². The summed E-state index contributed by atoms with van der Waals surface area (Å²) in [6.45, 7) is 11.5. The number of hydrogen-bond acceptors (Lipinski definition) is 4. The standard InChI is InChI=1S/C19H34N2O3/c1-16(20-10-6-4-5-7-11-20)17(22)21-12-8-19(9-13-21)23-14-18(2,3)15-24-19/h16H,4-15H2,1-3H3/t16-/m0/s1. The summed E-state index contributed by atoms with van der Waals surface area (Å²) in [5.74, 6) is -0.166. The van der Waals surface area contributed by atoms with Gasteiger partial charge in [-0.3, -0.25) is 9.69 Å². The fraction of sp³-hybridized carbons (Fsp3) is 0.947. The van der Waals surface area contributed by atoms with E-state index in [0.29, 0.717) is 0 Å². The zero-order valence-corrected chi connectivity index (χ0v) is 15.7. The van der Waals surface area contributed by atoms with Crippen LogP contribution in [0.1, 0.15) is 59.3 Å². The number of nitrogens with zero attached hydrogens (tertiary/aromatic N) is 2. The normalized spacial score (nSPS) is 29.2. The number of piperidine rings is 1. The van der Waals surface area contributed by atoms with Crippen LogP contribution < -0.4 is 0 Å². The Bertz CT molecular complexity index is 424. The monoisotopic (exact) mass is 338 g/mol. The summed E-state index contributed by atoms with van der Waals surface area (Å²) in [7, 11) is 0. The first-order valence-corrected chi connectivity index (χ1v) is 9.72. The number of rotatable bonds is 2. The van der Waals surface area contributed by atoms with Crippen molar-refractivity contribution in [1.82, 2.24) is 9.80 Å². The summed E-state index contributed by atoms with van der Waals surface area (Å²) >= 11 is 0. The van der Waals surface area contributed by atoms with Crippen molar-refractivity contribution in [3.05, 3.63) is 0 Å². The Balaban J connectivity index is 1.51. The molecule has 0 saturated carbocycles. The Hall–Kier alpha value is -0.650. The molecule has 3 heterocycles. The minimum atomic E-state index is -0.446. The van der Waals surface area contributed by atoms with E-state index in [2.05, 4.69) is 25.7 Å². The van der Waals surface area contributed by atoms with Gasteiger partial charge < -0.3 is 14.4 Å². The lowest BCUT2D eigenvalue weighted by Crippen LogP contribution is -2.56. The molecule has 0 bridgehead atoms. The van der Waals surface area contributed by atoms with Crippen LogP contribution in [0.15, 0.2) is 0 Å². The first-order chi connectivity index (χ1) is 11.4. The molecular weight excluding hydrogens is 304 g/mol. The predicted molar refractivity (Wildman–Crippen MR) is 93.7 cm³/mol. The van der Waals surface area contributed by atoms with Crippen LogP contribution in [-0.2, 0) is 14.3 Å². The van der Waals surface area contributed by atoms with Crippen LogP contribution in [0, 0.1) is 5.41 Å². The summed E-state index contributed by atoms with van der Waals surface area (Å²) < 4.78 is 12.1. The van der Waals surface area contributed by atoms with Crippen molar-refractivity contribution >= 4 is 5.91 Å². The topological polar surface area (TPSA) is 42.0 Å². The molecule has 1 amide bonds. The maximum absolute atomic E-state index is 12.9.